The van der Waals surface area contributed by atoms with Crippen molar-refractivity contribution in [3.8, 4) is 11.5 Å². The van der Waals surface area contributed by atoms with Crippen molar-refractivity contribution in [1.82, 2.24) is 5.32 Å². The van der Waals surface area contributed by atoms with Crippen LogP contribution in [0.5, 0.6) is 11.5 Å². The lowest BCUT2D eigenvalue weighted by atomic mass is 10.1. The average molecular weight is 355 g/mol. The summed E-state index contributed by atoms with van der Waals surface area (Å²) in [5, 5.41) is 2.95. The fourth-order valence-electron chi connectivity index (χ4n) is 2.82. The number of rotatable bonds is 9. The molecule has 0 bridgehead atoms. The zero-order valence-electron chi connectivity index (χ0n) is 16.2. The number of amides is 1. The first-order valence-corrected chi connectivity index (χ1v) is 9.23. The Bertz CT molecular complexity index is 727. The van der Waals surface area contributed by atoms with Gasteiger partial charge in [-0.3, -0.25) is 4.79 Å². The van der Waals surface area contributed by atoms with Gasteiger partial charge in [-0.15, -0.1) is 0 Å². The van der Waals surface area contributed by atoms with Gasteiger partial charge in [0, 0.05) is 6.54 Å². The fourth-order valence-corrected chi connectivity index (χ4v) is 2.82. The molecule has 0 aliphatic heterocycles. The molecule has 0 spiro atoms. The molecule has 0 radical (unpaired) electrons. The van der Waals surface area contributed by atoms with Crippen LogP contribution in [0.4, 0.5) is 0 Å². The van der Waals surface area contributed by atoms with E-state index in [1.54, 1.807) is 6.92 Å². The number of carbonyl (C=O) groups excluding carboxylic acids is 1. The fraction of sp³-hybridized carbons (Fsp3) is 0.409. The van der Waals surface area contributed by atoms with E-state index in [-0.39, 0.29) is 5.91 Å². The zero-order chi connectivity index (χ0) is 18.9. The van der Waals surface area contributed by atoms with Crippen LogP contribution in [0.2, 0.25) is 0 Å². The molecule has 0 saturated heterocycles. The van der Waals surface area contributed by atoms with E-state index in [4.69, 9.17) is 9.47 Å². The van der Waals surface area contributed by atoms with Crippen LogP contribution in [-0.4, -0.2) is 25.2 Å². The summed E-state index contributed by atoms with van der Waals surface area (Å²) in [6.45, 7) is 9.05. The quantitative estimate of drug-likeness (QED) is 0.685. The van der Waals surface area contributed by atoms with Crippen molar-refractivity contribution in [3.63, 3.8) is 0 Å². The molecule has 0 aliphatic rings. The van der Waals surface area contributed by atoms with E-state index in [1.807, 2.05) is 51.1 Å². The predicted octanol–water partition coefficient (Wildman–Crippen LogP) is 4.22. The Hall–Kier alpha value is -2.49. The van der Waals surface area contributed by atoms with Crippen molar-refractivity contribution < 1.29 is 14.3 Å². The number of nitrogens with one attached hydrogen (secondary N) is 1. The van der Waals surface area contributed by atoms with E-state index in [1.165, 1.54) is 11.1 Å². The first kappa shape index (κ1) is 19.8. The molecule has 0 saturated carbocycles. The molecule has 2 aromatic rings. The molecule has 0 heterocycles. The number of para-hydroxylation sites is 1. The maximum Gasteiger partial charge on any atom is 0.260 e. The molecule has 4 heteroatoms. The van der Waals surface area contributed by atoms with Crippen LogP contribution in [0.25, 0.3) is 0 Å². The molecule has 1 amide bonds. The Morgan fingerprint density at radius 2 is 1.88 bits per heavy atom. The molecule has 1 N–H and O–H groups in total. The third kappa shape index (κ3) is 5.80. The van der Waals surface area contributed by atoms with Crippen LogP contribution in [0, 0.1) is 13.8 Å². The van der Waals surface area contributed by atoms with E-state index in [9.17, 15) is 4.79 Å². The van der Waals surface area contributed by atoms with E-state index in [0.29, 0.717) is 13.2 Å². The van der Waals surface area contributed by atoms with Crippen LogP contribution in [0.3, 0.4) is 0 Å². The highest BCUT2D eigenvalue weighted by Crippen LogP contribution is 2.20. The molecule has 0 aliphatic carbocycles. The van der Waals surface area contributed by atoms with Crippen molar-refractivity contribution in [1.29, 1.82) is 0 Å². The molecule has 140 valence electrons. The van der Waals surface area contributed by atoms with E-state index in [0.717, 1.165) is 29.9 Å². The Balaban J connectivity index is 1.78. The van der Waals surface area contributed by atoms with Crippen molar-refractivity contribution in [2.75, 3.05) is 13.2 Å². The number of hydrogen-bond acceptors (Lipinski definition) is 3. The van der Waals surface area contributed by atoms with Crippen LogP contribution in [-0.2, 0) is 11.2 Å². The standard InChI is InChI=1S/C22H29NO3/c1-5-25-21-11-7-6-9-19(21)10-8-14-23-22(24)18(4)26-20-13-12-16(2)15-17(20)3/h6-7,9,11-13,15,18H,5,8,10,14H2,1-4H3,(H,23,24)/t18-/m0/s1. The van der Waals surface area contributed by atoms with Gasteiger partial charge >= 0.3 is 0 Å². The van der Waals surface area contributed by atoms with Crippen LogP contribution >= 0.6 is 0 Å². The lowest BCUT2D eigenvalue weighted by Crippen LogP contribution is -2.37. The predicted molar refractivity (Wildman–Crippen MR) is 105 cm³/mol. The molecular formula is C22H29NO3. The van der Waals surface area contributed by atoms with Crippen molar-refractivity contribution in [2.45, 2.75) is 46.6 Å². The highest BCUT2D eigenvalue weighted by Gasteiger charge is 2.15. The lowest BCUT2D eigenvalue weighted by molar-refractivity contribution is -0.127. The Morgan fingerprint density at radius 1 is 1.12 bits per heavy atom. The molecule has 1 atom stereocenters. The van der Waals surface area contributed by atoms with Gasteiger partial charge in [-0.25, -0.2) is 0 Å². The van der Waals surface area contributed by atoms with Crippen LogP contribution in [0.1, 0.15) is 37.0 Å². The van der Waals surface area contributed by atoms with Crippen molar-refractivity contribution >= 4 is 5.91 Å². The third-order valence-electron chi connectivity index (χ3n) is 4.20. The third-order valence-corrected chi connectivity index (χ3v) is 4.20. The van der Waals surface area contributed by atoms with Gasteiger partial charge in [0.05, 0.1) is 6.61 Å². The summed E-state index contributed by atoms with van der Waals surface area (Å²) in [6.07, 6.45) is 1.20. The smallest absolute Gasteiger partial charge is 0.260 e. The van der Waals surface area contributed by atoms with Crippen LogP contribution < -0.4 is 14.8 Å². The first-order valence-electron chi connectivity index (χ1n) is 9.23. The van der Waals surface area contributed by atoms with Crippen molar-refractivity contribution in [2.24, 2.45) is 0 Å². The largest absolute Gasteiger partial charge is 0.494 e. The van der Waals surface area contributed by atoms with Crippen molar-refractivity contribution in [3.05, 3.63) is 59.2 Å². The molecule has 0 aromatic heterocycles. The van der Waals surface area contributed by atoms with E-state index < -0.39 is 6.10 Å². The van der Waals surface area contributed by atoms with Gasteiger partial charge in [0.25, 0.3) is 5.91 Å². The molecule has 2 rings (SSSR count). The summed E-state index contributed by atoms with van der Waals surface area (Å²) in [7, 11) is 0. The highest BCUT2D eigenvalue weighted by molar-refractivity contribution is 5.80. The molecule has 0 unspecified atom stereocenters. The lowest BCUT2D eigenvalue weighted by Gasteiger charge is -2.16. The summed E-state index contributed by atoms with van der Waals surface area (Å²) in [5.74, 6) is 1.58. The second-order valence-corrected chi connectivity index (χ2v) is 6.46. The van der Waals surface area contributed by atoms with Gasteiger partial charge in [-0.05, 0) is 63.8 Å². The summed E-state index contributed by atoms with van der Waals surface area (Å²) >= 11 is 0. The minimum atomic E-state index is -0.521. The Labute approximate surface area is 156 Å². The topological polar surface area (TPSA) is 47.6 Å². The van der Waals surface area contributed by atoms with Gasteiger partial charge < -0.3 is 14.8 Å². The summed E-state index contributed by atoms with van der Waals surface area (Å²) in [6, 6.07) is 14.0. The maximum atomic E-state index is 12.2. The highest BCUT2D eigenvalue weighted by atomic mass is 16.5. The van der Waals surface area contributed by atoms with Crippen LogP contribution in [0.15, 0.2) is 42.5 Å². The minimum Gasteiger partial charge on any atom is -0.494 e. The number of hydrogen-bond donors (Lipinski definition) is 1. The van der Waals surface area contributed by atoms with Gasteiger partial charge in [-0.2, -0.15) is 0 Å². The molecule has 4 nitrogen and oxygen atoms in total. The first-order chi connectivity index (χ1) is 12.5. The summed E-state index contributed by atoms with van der Waals surface area (Å²) in [5.41, 5.74) is 3.39. The molecule has 2 aromatic carbocycles. The number of carbonyl (C=O) groups is 1. The summed E-state index contributed by atoms with van der Waals surface area (Å²) in [4.78, 5) is 12.2. The maximum absolute atomic E-state index is 12.2. The van der Waals surface area contributed by atoms with E-state index in [2.05, 4.69) is 17.4 Å². The van der Waals surface area contributed by atoms with Gasteiger partial charge in [-0.1, -0.05) is 35.9 Å². The molecular weight excluding hydrogens is 326 g/mol. The van der Waals surface area contributed by atoms with Gasteiger partial charge in [0.1, 0.15) is 11.5 Å². The monoisotopic (exact) mass is 355 g/mol. The minimum absolute atomic E-state index is 0.0944. The normalized spacial score (nSPS) is 11.7. The average Bonchev–Trinajstić information content (AvgIpc) is 2.62. The number of aryl methyl sites for hydroxylation is 3. The summed E-state index contributed by atoms with van der Waals surface area (Å²) < 4.78 is 11.4. The Kier molecular flexibility index (Phi) is 7.52. The zero-order valence-corrected chi connectivity index (χ0v) is 16.2. The van der Waals surface area contributed by atoms with Gasteiger partial charge in [0.2, 0.25) is 0 Å². The number of benzene rings is 2. The molecule has 0 fully saturated rings. The SMILES string of the molecule is CCOc1ccccc1CCCNC(=O)[C@H](C)Oc1ccc(C)cc1C. The van der Waals surface area contributed by atoms with Gasteiger partial charge in [0.15, 0.2) is 6.10 Å². The second-order valence-electron chi connectivity index (χ2n) is 6.46. The Morgan fingerprint density at radius 3 is 2.62 bits per heavy atom. The number of ether oxygens (including phenoxy) is 2. The second kappa shape index (κ2) is 9.85. The molecule has 26 heavy (non-hydrogen) atoms. The van der Waals surface area contributed by atoms with E-state index >= 15 is 0 Å².